The summed E-state index contributed by atoms with van der Waals surface area (Å²) in [4.78, 5) is 29.5. The van der Waals surface area contributed by atoms with Gasteiger partial charge in [-0.05, 0) is 119 Å². The third-order valence-electron chi connectivity index (χ3n) is 10.7. The highest BCUT2D eigenvalue weighted by Crippen LogP contribution is 2.71. The molecule has 52 heavy (non-hydrogen) atoms. The fraction of sp³-hybridized carbons (Fsp3) is 0.220. The molecule has 2 aliphatic rings. The molecule has 2 aliphatic carbocycles. The lowest BCUT2D eigenvalue weighted by Gasteiger charge is -2.41. The lowest BCUT2D eigenvalue weighted by molar-refractivity contribution is -0.128. The molecule has 0 radical (unpaired) electrons. The minimum Gasteiger partial charge on any atom is -0.299 e. The van der Waals surface area contributed by atoms with Crippen molar-refractivity contribution in [2.45, 2.75) is 57.6 Å². The van der Waals surface area contributed by atoms with E-state index in [9.17, 15) is 26.8 Å². The maximum Gasteiger partial charge on any atom is 0.278 e. The Morgan fingerprint density at radius 2 is 1.37 bits per heavy atom. The van der Waals surface area contributed by atoms with E-state index in [1.807, 2.05) is 26.0 Å². The van der Waals surface area contributed by atoms with Crippen molar-refractivity contribution >= 4 is 55.4 Å². The van der Waals surface area contributed by atoms with Gasteiger partial charge in [0.15, 0.2) is 5.78 Å². The first-order valence-electron chi connectivity index (χ1n) is 16.7. The number of fused-ring (bicyclic) bond motifs is 2. The predicted molar refractivity (Wildman–Crippen MR) is 201 cm³/mol. The van der Waals surface area contributed by atoms with Crippen molar-refractivity contribution in [3.05, 3.63) is 149 Å². The van der Waals surface area contributed by atoms with Crippen molar-refractivity contribution in [3.8, 4) is 0 Å². The summed E-state index contributed by atoms with van der Waals surface area (Å²) in [5, 5.41) is 0.308. The van der Waals surface area contributed by atoms with Crippen molar-refractivity contribution < 1.29 is 30.4 Å². The van der Waals surface area contributed by atoms with Crippen LogP contribution < -0.4 is 0 Å². The van der Waals surface area contributed by atoms with Crippen LogP contribution in [0.25, 0.3) is 0 Å². The highest BCUT2D eigenvalue weighted by Gasteiger charge is 2.65. The highest BCUT2D eigenvalue weighted by atomic mass is 35.5. The topological polar surface area (TPSA) is 77.5 Å². The van der Waals surface area contributed by atoms with Crippen molar-refractivity contribution in [1.82, 2.24) is 0 Å². The second-order valence-electron chi connectivity index (χ2n) is 13.8. The molecule has 0 spiro atoms. The van der Waals surface area contributed by atoms with E-state index in [0.717, 1.165) is 11.3 Å². The Balaban J connectivity index is 1.32. The number of carbonyl (C=O) groups is 2. The van der Waals surface area contributed by atoms with Gasteiger partial charge in [-0.25, -0.2) is 12.4 Å². The summed E-state index contributed by atoms with van der Waals surface area (Å²) in [6.07, 6.45) is 1.54. The Kier molecular flexibility index (Phi) is 9.76. The Morgan fingerprint density at radius 1 is 0.808 bits per heavy atom. The van der Waals surface area contributed by atoms with E-state index in [4.69, 9.17) is 15.2 Å². The zero-order valence-electron chi connectivity index (χ0n) is 28.4. The van der Waals surface area contributed by atoms with Gasteiger partial charge >= 0.3 is 0 Å². The van der Waals surface area contributed by atoms with Crippen molar-refractivity contribution in [3.63, 3.8) is 0 Å². The molecule has 0 aliphatic heterocycles. The van der Waals surface area contributed by atoms with E-state index >= 15 is 0 Å². The average molecular weight is 777 g/mol. The van der Waals surface area contributed by atoms with Gasteiger partial charge in [0.1, 0.15) is 17.4 Å². The first-order valence-corrected chi connectivity index (χ1v) is 21.1. The number of ketones is 2. The van der Waals surface area contributed by atoms with Crippen LogP contribution >= 0.6 is 33.7 Å². The summed E-state index contributed by atoms with van der Waals surface area (Å²) in [6, 6.07) is 32.0. The number of Topliss-reactive ketones (excluding diaryl/α,β-unsaturated/α-hetero) is 1. The van der Waals surface area contributed by atoms with E-state index in [1.54, 1.807) is 60.7 Å². The monoisotopic (exact) mass is 776 g/mol. The Morgan fingerprint density at radius 3 is 1.88 bits per heavy atom. The minimum atomic E-state index is -4.47. The summed E-state index contributed by atoms with van der Waals surface area (Å²) in [6.45, 7) is 3.92. The van der Waals surface area contributed by atoms with Gasteiger partial charge in [-0.15, -0.1) is 0 Å². The number of benzene rings is 5. The molecule has 0 amide bonds. The predicted octanol–water partition coefficient (Wildman–Crippen LogP) is 10.9. The summed E-state index contributed by atoms with van der Waals surface area (Å²) in [5.41, 5.74) is -0.785. The molecule has 2 unspecified atom stereocenters. The first-order chi connectivity index (χ1) is 24.8. The van der Waals surface area contributed by atoms with Gasteiger partial charge in [0.05, 0.1) is 21.8 Å². The van der Waals surface area contributed by atoms with Crippen molar-refractivity contribution in [2.24, 2.45) is 16.7 Å². The molecule has 7 rings (SSSR count). The maximum atomic E-state index is 14.5. The zero-order chi connectivity index (χ0) is 36.9. The molecule has 2 fully saturated rings. The molecule has 5 aromatic carbocycles. The van der Waals surface area contributed by atoms with Crippen LogP contribution in [0.1, 0.15) is 49.0 Å². The largest absolute Gasteiger partial charge is 0.299 e. The number of rotatable bonds is 11. The standard InChI is InChI=1S/C41H35ClF2O5S3/c1-40(2)28-23-24-41(40,37(45)25-28)26-51(47,48)49-52(32-17-11-29(43)12-18-32,33-19-13-30(44)14-20-33)34-21-15-31(16-22-34)50-36-10-6-9-35(42)38(36)39(46)27-7-4-3-5-8-27/h3-22,28H,23-26H2,1-2H3. The van der Waals surface area contributed by atoms with Crippen molar-refractivity contribution in [1.29, 1.82) is 0 Å². The van der Waals surface area contributed by atoms with Crippen LogP contribution in [0.4, 0.5) is 8.78 Å². The van der Waals surface area contributed by atoms with Crippen LogP contribution in [-0.4, -0.2) is 25.7 Å². The maximum absolute atomic E-state index is 14.5. The first kappa shape index (κ1) is 36.6. The molecule has 0 N–H and O–H groups in total. The molecule has 2 atom stereocenters. The van der Waals surface area contributed by atoms with Crippen molar-refractivity contribution in [2.75, 3.05) is 5.75 Å². The van der Waals surface area contributed by atoms with E-state index in [2.05, 4.69) is 0 Å². The third kappa shape index (κ3) is 6.43. The Bertz CT molecular complexity index is 2220. The molecule has 11 heteroatoms. The molecule has 268 valence electrons. The lowest BCUT2D eigenvalue weighted by Crippen LogP contribution is -2.42. The summed E-state index contributed by atoms with van der Waals surface area (Å²) in [5.74, 6) is -1.76. The average Bonchev–Trinajstić information content (AvgIpc) is 3.46. The molecule has 5 nitrogen and oxygen atoms in total. The van der Waals surface area contributed by atoms with Gasteiger partial charge in [0.25, 0.3) is 10.1 Å². The normalized spacial score (nSPS) is 19.9. The van der Waals surface area contributed by atoms with Crippen LogP contribution in [0.3, 0.4) is 0 Å². The van der Waals surface area contributed by atoms with Crippen LogP contribution in [0.5, 0.6) is 0 Å². The number of carbonyl (C=O) groups excluding carboxylic acids is 2. The van der Waals surface area contributed by atoms with Gasteiger partial charge in [0.2, 0.25) is 0 Å². The molecule has 0 saturated heterocycles. The second kappa shape index (κ2) is 13.9. The van der Waals surface area contributed by atoms with E-state index in [0.29, 0.717) is 48.6 Å². The zero-order valence-corrected chi connectivity index (χ0v) is 31.6. The molecule has 2 bridgehead atoms. The molecular formula is C41H35ClF2O5S3. The molecule has 5 aromatic rings. The van der Waals surface area contributed by atoms with Gasteiger partial charge in [-0.2, -0.15) is 8.42 Å². The SMILES string of the molecule is CC1(C)C2CCC1(CS(=O)(=O)OS(c1ccc(F)cc1)(c1ccc(F)cc1)c1ccc(Sc3cccc(Cl)c3C(=O)c3ccccc3)cc1)C(=O)C2. The van der Waals surface area contributed by atoms with Gasteiger partial charge < -0.3 is 0 Å². The third-order valence-corrected chi connectivity index (χ3v) is 17.4. The number of halogens is 3. The summed E-state index contributed by atoms with van der Waals surface area (Å²) < 4.78 is 64.2. The molecule has 0 aromatic heterocycles. The van der Waals surface area contributed by atoms with Crippen LogP contribution in [0, 0.1) is 28.4 Å². The van der Waals surface area contributed by atoms with E-state index in [1.165, 1.54) is 60.3 Å². The fourth-order valence-corrected chi connectivity index (χ4v) is 15.1. The fourth-order valence-electron chi connectivity index (χ4n) is 7.74. The molecule has 2 saturated carbocycles. The smallest absolute Gasteiger partial charge is 0.278 e. The lowest BCUT2D eigenvalue weighted by atomic mass is 9.70. The van der Waals surface area contributed by atoms with Gasteiger partial charge in [0, 0.05) is 36.5 Å². The van der Waals surface area contributed by atoms with Crippen LogP contribution in [-0.2, 0) is 18.5 Å². The van der Waals surface area contributed by atoms with Gasteiger partial charge in [-0.3, -0.25) is 9.59 Å². The summed E-state index contributed by atoms with van der Waals surface area (Å²) >= 11 is 7.89. The Hall–Kier alpha value is -3.80. The Labute approximate surface area is 313 Å². The van der Waals surface area contributed by atoms with E-state index < -0.39 is 48.6 Å². The quantitative estimate of drug-likeness (QED) is 0.124. The van der Waals surface area contributed by atoms with Crippen LogP contribution in [0.15, 0.2) is 146 Å². The highest BCUT2D eigenvalue weighted by molar-refractivity contribution is 8.33. The molecule has 0 heterocycles. The van der Waals surface area contributed by atoms with Gasteiger partial charge in [-0.1, -0.05) is 73.6 Å². The summed E-state index contributed by atoms with van der Waals surface area (Å²) in [7, 11) is -7.68. The number of hydrogen-bond acceptors (Lipinski definition) is 6. The van der Waals surface area contributed by atoms with E-state index in [-0.39, 0.29) is 17.5 Å². The molecular weight excluding hydrogens is 742 g/mol. The van der Waals surface area contributed by atoms with Crippen LogP contribution in [0.2, 0.25) is 5.02 Å². The second-order valence-corrected chi connectivity index (χ2v) is 19.8. The number of hydrogen-bond donors (Lipinski definition) is 0. The minimum absolute atomic E-state index is 0.0717.